The zero-order valence-corrected chi connectivity index (χ0v) is 26.6. The standard InChI is InChI=1S/C32H45NO5SSi/c1-23(29(35)33-28-21-24-17-19-32(28,31(24,5)6)22-39(33,36)37)27(34)18-20-38-40(30(2,3)4,25-13-9-7-10-14-25)26-15-11-8-12-16-26/h7-16,23-24,27-28,34H,17-22H2,1-6H3/t23-,24-,27+,28-,32-/m1/s1. The maximum absolute atomic E-state index is 13.7. The first-order valence-electron chi connectivity index (χ1n) is 14.7. The molecule has 1 aliphatic heterocycles. The second kappa shape index (κ2) is 10.1. The largest absolute Gasteiger partial charge is 0.407 e. The lowest BCUT2D eigenvalue weighted by Crippen LogP contribution is -2.66. The Morgan fingerprint density at radius 3 is 2.12 bits per heavy atom. The van der Waals surface area contributed by atoms with Crippen molar-refractivity contribution in [3.8, 4) is 0 Å². The van der Waals surface area contributed by atoms with Crippen LogP contribution in [0.1, 0.15) is 67.2 Å². The van der Waals surface area contributed by atoms with E-state index in [1.165, 1.54) is 4.31 Å². The van der Waals surface area contributed by atoms with Crippen LogP contribution in [0.5, 0.6) is 0 Å². The summed E-state index contributed by atoms with van der Waals surface area (Å²) < 4.78 is 34.9. The number of rotatable bonds is 8. The van der Waals surface area contributed by atoms with E-state index in [9.17, 15) is 18.3 Å². The van der Waals surface area contributed by atoms with Crippen molar-refractivity contribution in [3.63, 3.8) is 0 Å². The van der Waals surface area contributed by atoms with Gasteiger partial charge in [-0.2, -0.15) is 0 Å². The van der Waals surface area contributed by atoms with Gasteiger partial charge in [0.05, 0.1) is 23.8 Å². The van der Waals surface area contributed by atoms with Crippen molar-refractivity contribution in [1.82, 2.24) is 4.31 Å². The van der Waals surface area contributed by atoms with Crippen LogP contribution in [0.2, 0.25) is 5.04 Å². The highest BCUT2D eigenvalue weighted by molar-refractivity contribution is 7.90. The van der Waals surface area contributed by atoms with E-state index in [0.717, 1.165) is 29.6 Å². The second-order valence-electron chi connectivity index (χ2n) is 13.9. The molecule has 5 rings (SSSR count). The van der Waals surface area contributed by atoms with Gasteiger partial charge < -0.3 is 9.53 Å². The van der Waals surface area contributed by atoms with Gasteiger partial charge in [0.15, 0.2) is 0 Å². The first-order chi connectivity index (χ1) is 18.7. The molecule has 0 unspecified atom stereocenters. The Morgan fingerprint density at radius 1 is 1.07 bits per heavy atom. The first kappa shape index (κ1) is 29.5. The van der Waals surface area contributed by atoms with Crippen molar-refractivity contribution in [2.45, 2.75) is 84.4 Å². The second-order valence-corrected chi connectivity index (χ2v) is 20.1. The number of carbonyl (C=O) groups is 1. The fraction of sp³-hybridized carbons (Fsp3) is 0.594. The van der Waals surface area contributed by atoms with E-state index in [4.69, 9.17) is 4.43 Å². The van der Waals surface area contributed by atoms with Gasteiger partial charge in [-0.1, -0.05) is 102 Å². The molecule has 0 aromatic heterocycles. The number of hydrogen-bond donors (Lipinski definition) is 1. The molecule has 218 valence electrons. The predicted molar refractivity (Wildman–Crippen MR) is 161 cm³/mol. The molecule has 0 radical (unpaired) electrons. The number of sulfonamides is 1. The van der Waals surface area contributed by atoms with Gasteiger partial charge in [0.2, 0.25) is 15.9 Å². The Bertz CT molecular complexity index is 1300. The average Bonchev–Trinajstić information content (AvgIpc) is 3.38. The van der Waals surface area contributed by atoms with Crippen molar-refractivity contribution in [3.05, 3.63) is 60.7 Å². The number of fused-ring (bicyclic) bond motifs is 1. The SMILES string of the molecule is C[C@@H](C(=O)N1[C@@H]2C[C@H]3CC[C@]2(CS1(=O)=O)C3(C)C)[C@@H](O)CCO[Si](c1ccccc1)(c1ccccc1)C(C)(C)C. The van der Waals surface area contributed by atoms with E-state index in [1.54, 1.807) is 6.92 Å². The highest BCUT2D eigenvalue weighted by atomic mass is 32.2. The minimum atomic E-state index is -3.73. The number of carbonyl (C=O) groups excluding carboxylic acids is 1. The molecule has 2 saturated carbocycles. The number of nitrogens with zero attached hydrogens (tertiary/aromatic N) is 1. The topological polar surface area (TPSA) is 83.9 Å². The molecular formula is C32H45NO5SSi. The Morgan fingerprint density at radius 2 is 1.62 bits per heavy atom. The van der Waals surface area contributed by atoms with Gasteiger partial charge in [0.25, 0.3) is 8.32 Å². The summed E-state index contributed by atoms with van der Waals surface area (Å²) >= 11 is 0. The first-order valence-corrected chi connectivity index (χ1v) is 18.2. The van der Waals surface area contributed by atoms with Crippen LogP contribution in [-0.2, 0) is 19.2 Å². The third-order valence-corrected chi connectivity index (χ3v) is 17.7. The third kappa shape index (κ3) is 4.32. The molecule has 3 aliphatic rings. The highest BCUT2D eigenvalue weighted by Gasteiger charge is 2.72. The molecule has 1 amide bonds. The predicted octanol–water partition coefficient (Wildman–Crippen LogP) is 4.32. The average molecular weight is 584 g/mol. The molecule has 2 bridgehead atoms. The number of benzene rings is 2. The van der Waals surface area contributed by atoms with Crippen molar-refractivity contribution in [2.75, 3.05) is 12.4 Å². The summed E-state index contributed by atoms with van der Waals surface area (Å²) in [6.07, 6.45) is 1.84. The zero-order valence-electron chi connectivity index (χ0n) is 24.8. The summed E-state index contributed by atoms with van der Waals surface area (Å²) in [5, 5.41) is 13.3. The minimum absolute atomic E-state index is 0.0414. The van der Waals surface area contributed by atoms with Crippen LogP contribution in [0.15, 0.2) is 60.7 Å². The molecule has 1 spiro atoms. The molecule has 2 aromatic carbocycles. The van der Waals surface area contributed by atoms with Crippen LogP contribution in [0, 0.1) is 22.7 Å². The maximum atomic E-state index is 13.7. The quantitative estimate of drug-likeness (QED) is 0.468. The van der Waals surface area contributed by atoms with Gasteiger partial charge in [-0.25, -0.2) is 12.7 Å². The van der Waals surface area contributed by atoms with Crippen LogP contribution in [-0.4, -0.2) is 56.6 Å². The van der Waals surface area contributed by atoms with Gasteiger partial charge in [-0.05, 0) is 52.4 Å². The summed E-state index contributed by atoms with van der Waals surface area (Å²) in [7, 11) is -6.50. The van der Waals surface area contributed by atoms with Gasteiger partial charge >= 0.3 is 0 Å². The van der Waals surface area contributed by atoms with Gasteiger partial charge in [0.1, 0.15) is 0 Å². The number of amides is 1. The van der Waals surface area contributed by atoms with Crippen LogP contribution in [0.25, 0.3) is 0 Å². The Balaban J connectivity index is 1.35. The number of aliphatic hydroxyl groups excluding tert-OH is 1. The molecule has 1 heterocycles. The molecule has 2 aromatic rings. The molecule has 2 aliphatic carbocycles. The van der Waals surface area contributed by atoms with Crippen molar-refractivity contribution >= 4 is 34.6 Å². The third-order valence-electron chi connectivity index (χ3n) is 10.7. The van der Waals surface area contributed by atoms with Crippen LogP contribution in [0.3, 0.4) is 0 Å². The number of aliphatic hydroxyl groups is 1. The van der Waals surface area contributed by atoms with Crippen LogP contribution >= 0.6 is 0 Å². The molecular weight excluding hydrogens is 539 g/mol. The van der Waals surface area contributed by atoms with Crippen molar-refractivity contribution < 1.29 is 22.7 Å². The molecule has 3 fully saturated rings. The Hall–Kier alpha value is -2.00. The van der Waals surface area contributed by atoms with Crippen LogP contribution in [0.4, 0.5) is 0 Å². The monoisotopic (exact) mass is 583 g/mol. The summed E-state index contributed by atoms with van der Waals surface area (Å²) in [4.78, 5) is 13.7. The van der Waals surface area contributed by atoms with E-state index >= 15 is 0 Å². The summed E-state index contributed by atoms with van der Waals surface area (Å²) in [6, 6.07) is 20.3. The van der Waals surface area contributed by atoms with Gasteiger partial charge in [0, 0.05) is 12.0 Å². The van der Waals surface area contributed by atoms with E-state index in [1.807, 2.05) is 36.4 Å². The molecule has 5 atom stereocenters. The van der Waals surface area contributed by atoms with E-state index < -0.39 is 36.3 Å². The Kier molecular flexibility index (Phi) is 7.42. The fourth-order valence-electron chi connectivity index (χ4n) is 8.29. The summed E-state index contributed by atoms with van der Waals surface area (Å²) in [5.74, 6) is -0.832. The van der Waals surface area contributed by atoms with Crippen LogP contribution < -0.4 is 10.4 Å². The summed E-state index contributed by atoms with van der Waals surface area (Å²) in [6.45, 7) is 12.9. The Labute approximate surface area is 241 Å². The number of hydrogen-bond acceptors (Lipinski definition) is 5. The molecule has 1 N–H and O–H groups in total. The smallest absolute Gasteiger partial charge is 0.261 e. The molecule has 6 nitrogen and oxygen atoms in total. The van der Waals surface area contributed by atoms with E-state index in [-0.39, 0.29) is 40.7 Å². The normalized spacial score (nSPS) is 28.3. The zero-order chi connectivity index (χ0) is 29.1. The molecule has 40 heavy (non-hydrogen) atoms. The maximum Gasteiger partial charge on any atom is 0.261 e. The lowest BCUT2D eigenvalue weighted by atomic mass is 9.69. The molecule has 1 saturated heterocycles. The van der Waals surface area contributed by atoms with Gasteiger partial charge in [-0.15, -0.1) is 0 Å². The lowest BCUT2D eigenvalue weighted by Gasteiger charge is -2.43. The lowest BCUT2D eigenvalue weighted by molar-refractivity contribution is -0.136. The van der Waals surface area contributed by atoms with Crippen molar-refractivity contribution in [2.24, 2.45) is 22.7 Å². The molecule has 8 heteroatoms. The fourth-order valence-corrected chi connectivity index (χ4v) is 15.5. The van der Waals surface area contributed by atoms with E-state index in [0.29, 0.717) is 5.92 Å². The van der Waals surface area contributed by atoms with Crippen molar-refractivity contribution in [1.29, 1.82) is 0 Å². The van der Waals surface area contributed by atoms with Gasteiger partial charge in [-0.3, -0.25) is 4.79 Å². The highest BCUT2D eigenvalue weighted by Crippen LogP contribution is 2.70. The van der Waals surface area contributed by atoms with E-state index in [2.05, 4.69) is 58.9 Å². The summed E-state index contributed by atoms with van der Waals surface area (Å²) in [5.41, 5.74) is -0.478. The minimum Gasteiger partial charge on any atom is -0.407 e.